The summed E-state index contributed by atoms with van der Waals surface area (Å²) >= 11 is 0. The van der Waals surface area contributed by atoms with Gasteiger partial charge in [0.1, 0.15) is 0 Å². The minimum atomic E-state index is -0.795. The quantitative estimate of drug-likeness (QED) is 0.183. The summed E-state index contributed by atoms with van der Waals surface area (Å²) in [5, 5.41) is 0. The van der Waals surface area contributed by atoms with Crippen LogP contribution in [0.25, 0.3) is 0 Å². The number of unbranched alkanes of at least 4 members (excludes halogenated alkanes) is 9. The smallest absolute Gasteiger partial charge is 0.344 e. The maximum atomic E-state index is 13.7. The predicted octanol–water partition coefficient (Wildman–Crippen LogP) is 7.12. The standard InChI is InChI=1S/C26H33FO4/c1-2-3-4-5-6-7-8-9-10-15-20-30-25(28)21-16-11-12-17-22(21)26(29)31-24-19-14-13-18-23(24)27/h11-14,16-19H,2-10,15,20H2,1H3. The maximum absolute atomic E-state index is 13.7. The van der Waals surface area contributed by atoms with Gasteiger partial charge < -0.3 is 9.47 Å². The normalized spacial score (nSPS) is 10.6. The van der Waals surface area contributed by atoms with E-state index in [9.17, 15) is 14.0 Å². The van der Waals surface area contributed by atoms with E-state index in [0.717, 1.165) is 19.3 Å². The Hall–Kier alpha value is -2.69. The first-order chi connectivity index (χ1) is 15.1. The second-order valence-corrected chi connectivity index (χ2v) is 7.68. The Morgan fingerprint density at radius 3 is 1.84 bits per heavy atom. The number of halogens is 1. The molecule has 0 bridgehead atoms. The molecule has 168 valence electrons. The van der Waals surface area contributed by atoms with Gasteiger partial charge >= 0.3 is 11.9 Å². The zero-order valence-electron chi connectivity index (χ0n) is 18.4. The molecule has 0 amide bonds. The number of benzene rings is 2. The Bertz CT molecular complexity index is 819. The van der Waals surface area contributed by atoms with Crippen LogP contribution in [0.1, 0.15) is 91.8 Å². The van der Waals surface area contributed by atoms with Gasteiger partial charge in [0.05, 0.1) is 17.7 Å². The molecule has 2 aromatic carbocycles. The lowest BCUT2D eigenvalue weighted by molar-refractivity contribution is 0.0489. The number of para-hydroxylation sites is 1. The van der Waals surface area contributed by atoms with E-state index in [2.05, 4.69) is 6.92 Å². The fourth-order valence-electron chi connectivity index (χ4n) is 3.35. The Labute approximate surface area is 184 Å². The first-order valence-electron chi connectivity index (χ1n) is 11.4. The monoisotopic (exact) mass is 428 g/mol. The highest BCUT2D eigenvalue weighted by molar-refractivity contribution is 6.03. The number of hydrogen-bond donors (Lipinski definition) is 0. The Morgan fingerprint density at radius 1 is 0.710 bits per heavy atom. The molecule has 4 nitrogen and oxygen atoms in total. The summed E-state index contributed by atoms with van der Waals surface area (Å²) in [5.41, 5.74) is 0.176. The molecule has 0 aliphatic carbocycles. The Balaban J connectivity index is 1.73. The zero-order valence-corrected chi connectivity index (χ0v) is 18.4. The number of rotatable bonds is 14. The molecule has 0 N–H and O–H groups in total. The lowest BCUT2D eigenvalue weighted by atomic mass is 10.1. The molecule has 31 heavy (non-hydrogen) atoms. The Kier molecular flexibility index (Phi) is 11.4. The van der Waals surface area contributed by atoms with Gasteiger partial charge in [-0.3, -0.25) is 0 Å². The van der Waals surface area contributed by atoms with E-state index >= 15 is 0 Å². The van der Waals surface area contributed by atoms with Crippen LogP contribution in [0.4, 0.5) is 4.39 Å². The summed E-state index contributed by atoms with van der Waals surface area (Å²) in [4.78, 5) is 24.9. The molecule has 0 fully saturated rings. The van der Waals surface area contributed by atoms with E-state index in [-0.39, 0.29) is 16.9 Å². The molecule has 0 aliphatic heterocycles. The van der Waals surface area contributed by atoms with Gasteiger partial charge in [-0.1, -0.05) is 89.0 Å². The van der Waals surface area contributed by atoms with Crippen molar-refractivity contribution in [2.24, 2.45) is 0 Å². The van der Waals surface area contributed by atoms with Crippen molar-refractivity contribution >= 4 is 11.9 Å². The number of hydrogen-bond acceptors (Lipinski definition) is 4. The van der Waals surface area contributed by atoms with Gasteiger partial charge in [-0.15, -0.1) is 0 Å². The van der Waals surface area contributed by atoms with E-state index in [1.807, 2.05) is 0 Å². The third kappa shape index (κ3) is 8.91. The molecule has 0 spiro atoms. The lowest BCUT2D eigenvalue weighted by Gasteiger charge is -2.10. The molecule has 0 aromatic heterocycles. The van der Waals surface area contributed by atoms with Crippen LogP contribution < -0.4 is 4.74 Å². The van der Waals surface area contributed by atoms with Crippen molar-refractivity contribution in [1.82, 2.24) is 0 Å². The molecule has 0 atom stereocenters. The summed E-state index contributed by atoms with van der Waals surface area (Å²) in [7, 11) is 0. The van der Waals surface area contributed by atoms with Crippen LogP contribution in [-0.2, 0) is 4.74 Å². The van der Waals surface area contributed by atoms with Crippen LogP contribution in [0.3, 0.4) is 0 Å². The van der Waals surface area contributed by atoms with Crippen LogP contribution in [0, 0.1) is 5.82 Å². The summed E-state index contributed by atoms with van der Waals surface area (Å²) in [6.45, 7) is 2.54. The van der Waals surface area contributed by atoms with E-state index in [0.29, 0.717) is 6.61 Å². The minimum absolute atomic E-state index is 0.0545. The fourth-order valence-corrected chi connectivity index (χ4v) is 3.35. The highest BCUT2D eigenvalue weighted by atomic mass is 19.1. The van der Waals surface area contributed by atoms with Gasteiger partial charge in [0.25, 0.3) is 0 Å². The first-order valence-corrected chi connectivity index (χ1v) is 11.4. The largest absolute Gasteiger partial charge is 0.462 e. The topological polar surface area (TPSA) is 52.6 Å². The van der Waals surface area contributed by atoms with Crippen LogP contribution in [0.15, 0.2) is 48.5 Å². The third-order valence-corrected chi connectivity index (χ3v) is 5.14. The molecular weight excluding hydrogens is 395 g/mol. The molecule has 0 unspecified atom stereocenters. The van der Waals surface area contributed by atoms with Crippen molar-refractivity contribution < 1.29 is 23.5 Å². The van der Waals surface area contributed by atoms with E-state index in [1.54, 1.807) is 18.2 Å². The average Bonchev–Trinajstić information content (AvgIpc) is 2.78. The van der Waals surface area contributed by atoms with Crippen LogP contribution in [0.2, 0.25) is 0 Å². The van der Waals surface area contributed by atoms with Crippen molar-refractivity contribution in [2.45, 2.75) is 71.1 Å². The molecular formula is C26H33FO4. The molecule has 2 aromatic rings. The molecule has 0 heterocycles. The molecule has 0 radical (unpaired) electrons. The highest BCUT2D eigenvalue weighted by Gasteiger charge is 2.20. The highest BCUT2D eigenvalue weighted by Crippen LogP contribution is 2.19. The second-order valence-electron chi connectivity index (χ2n) is 7.68. The second kappa shape index (κ2) is 14.3. The number of carbonyl (C=O) groups excluding carboxylic acids is 2. The van der Waals surface area contributed by atoms with Crippen LogP contribution in [-0.4, -0.2) is 18.5 Å². The zero-order chi connectivity index (χ0) is 22.3. The fraction of sp³-hybridized carbons (Fsp3) is 0.462. The van der Waals surface area contributed by atoms with Gasteiger partial charge in [-0.05, 0) is 30.7 Å². The van der Waals surface area contributed by atoms with E-state index in [1.165, 1.54) is 75.3 Å². The van der Waals surface area contributed by atoms with Crippen molar-refractivity contribution in [2.75, 3.05) is 6.61 Å². The number of esters is 2. The molecule has 0 saturated heterocycles. The Morgan fingerprint density at radius 2 is 1.23 bits per heavy atom. The number of carbonyl (C=O) groups is 2. The van der Waals surface area contributed by atoms with E-state index < -0.39 is 17.8 Å². The van der Waals surface area contributed by atoms with Crippen molar-refractivity contribution in [3.05, 3.63) is 65.5 Å². The van der Waals surface area contributed by atoms with Gasteiger partial charge in [-0.2, -0.15) is 0 Å². The van der Waals surface area contributed by atoms with Crippen molar-refractivity contribution in [3.63, 3.8) is 0 Å². The summed E-state index contributed by atoms with van der Waals surface area (Å²) in [6, 6.07) is 11.9. The molecule has 5 heteroatoms. The summed E-state index contributed by atoms with van der Waals surface area (Å²) in [5.74, 6) is -2.19. The predicted molar refractivity (Wildman–Crippen MR) is 120 cm³/mol. The van der Waals surface area contributed by atoms with Crippen molar-refractivity contribution in [1.29, 1.82) is 0 Å². The van der Waals surface area contributed by atoms with Crippen LogP contribution >= 0.6 is 0 Å². The molecule has 2 rings (SSSR count). The van der Waals surface area contributed by atoms with Gasteiger partial charge in [0.2, 0.25) is 0 Å². The van der Waals surface area contributed by atoms with Crippen LogP contribution in [0.5, 0.6) is 5.75 Å². The first kappa shape index (κ1) is 24.6. The lowest BCUT2D eigenvalue weighted by Crippen LogP contribution is -2.16. The third-order valence-electron chi connectivity index (χ3n) is 5.14. The SMILES string of the molecule is CCCCCCCCCCCCOC(=O)c1ccccc1C(=O)Oc1ccccc1F. The average molecular weight is 429 g/mol. The summed E-state index contributed by atoms with van der Waals surface area (Å²) in [6.07, 6.45) is 12.0. The van der Waals surface area contributed by atoms with Crippen molar-refractivity contribution in [3.8, 4) is 5.75 Å². The number of ether oxygens (including phenoxy) is 2. The van der Waals surface area contributed by atoms with Gasteiger partial charge in [0, 0.05) is 0 Å². The van der Waals surface area contributed by atoms with Gasteiger partial charge in [-0.25, -0.2) is 14.0 Å². The van der Waals surface area contributed by atoms with E-state index in [4.69, 9.17) is 9.47 Å². The minimum Gasteiger partial charge on any atom is -0.462 e. The maximum Gasteiger partial charge on any atom is 0.344 e. The summed E-state index contributed by atoms with van der Waals surface area (Å²) < 4.78 is 24.2. The molecule has 0 saturated carbocycles. The van der Waals surface area contributed by atoms with Gasteiger partial charge in [0.15, 0.2) is 11.6 Å². The molecule has 0 aliphatic rings.